The summed E-state index contributed by atoms with van der Waals surface area (Å²) in [7, 11) is 0. The number of aliphatic imine (C=N–C) groups is 1. The molecular weight excluding hydrogens is 278 g/mol. The fraction of sp³-hybridized carbons (Fsp3) is 0.111. The Bertz CT molecular complexity index is 731. The summed E-state index contributed by atoms with van der Waals surface area (Å²) in [4.78, 5) is 16.2. The molecule has 0 unspecified atom stereocenters. The summed E-state index contributed by atoms with van der Waals surface area (Å²) in [6.07, 6.45) is 1.71. The number of benzene rings is 2. The quantitative estimate of drug-likeness (QED) is 0.641. The Labute approximate surface area is 128 Å². The molecule has 0 spiro atoms. The topological polar surface area (TPSA) is 47.9 Å². The van der Waals surface area contributed by atoms with E-state index in [1.54, 1.807) is 6.08 Å². The second-order valence-electron chi connectivity index (χ2n) is 4.70. The zero-order valence-corrected chi connectivity index (χ0v) is 12.2. The van der Waals surface area contributed by atoms with Gasteiger partial charge in [0.1, 0.15) is 5.75 Å². The van der Waals surface area contributed by atoms with Crippen molar-refractivity contribution in [2.75, 3.05) is 6.61 Å². The van der Waals surface area contributed by atoms with Gasteiger partial charge in [-0.1, -0.05) is 30.3 Å². The fourth-order valence-corrected chi connectivity index (χ4v) is 2.10. The van der Waals surface area contributed by atoms with E-state index in [1.165, 1.54) is 0 Å². The monoisotopic (exact) mass is 293 g/mol. The maximum absolute atomic E-state index is 11.9. The molecule has 0 aromatic heterocycles. The van der Waals surface area contributed by atoms with Crippen molar-refractivity contribution in [3.05, 3.63) is 71.4 Å². The van der Waals surface area contributed by atoms with Crippen molar-refractivity contribution in [1.82, 2.24) is 0 Å². The van der Waals surface area contributed by atoms with Crippen LogP contribution in [-0.4, -0.2) is 18.5 Å². The Kier molecular flexibility index (Phi) is 4.01. The molecule has 4 nitrogen and oxygen atoms in total. The van der Waals surface area contributed by atoms with Gasteiger partial charge in [-0.05, 0) is 42.8 Å². The molecule has 0 bridgehead atoms. The summed E-state index contributed by atoms with van der Waals surface area (Å²) >= 11 is 0. The van der Waals surface area contributed by atoms with Crippen LogP contribution >= 0.6 is 0 Å². The van der Waals surface area contributed by atoms with Crippen molar-refractivity contribution >= 4 is 17.9 Å². The van der Waals surface area contributed by atoms with Crippen LogP contribution < -0.4 is 4.74 Å². The van der Waals surface area contributed by atoms with E-state index in [0.29, 0.717) is 18.2 Å². The zero-order valence-electron chi connectivity index (χ0n) is 12.2. The number of hydrogen-bond donors (Lipinski definition) is 0. The minimum Gasteiger partial charge on any atom is -0.494 e. The lowest BCUT2D eigenvalue weighted by molar-refractivity contribution is -0.129. The van der Waals surface area contributed by atoms with Gasteiger partial charge in [0, 0.05) is 5.56 Å². The van der Waals surface area contributed by atoms with Crippen LogP contribution in [0.25, 0.3) is 6.08 Å². The smallest absolute Gasteiger partial charge is 0.363 e. The molecular formula is C18H15NO3. The van der Waals surface area contributed by atoms with E-state index in [2.05, 4.69) is 4.99 Å². The van der Waals surface area contributed by atoms with Crippen molar-refractivity contribution in [1.29, 1.82) is 0 Å². The van der Waals surface area contributed by atoms with Crippen LogP contribution in [0.2, 0.25) is 0 Å². The maximum atomic E-state index is 11.9. The normalized spacial score (nSPS) is 15.6. The molecule has 2 aromatic carbocycles. The van der Waals surface area contributed by atoms with Crippen LogP contribution in [-0.2, 0) is 9.53 Å². The van der Waals surface area contributed by atoms with Crippen LogP contribution in [0.5, 0.6) is 5.75 Å². The number of carbonyl (C=O) groups is 1. The number of nitrogens with zero attached hydrogens (tertiary/aromatic N) is 1. The predicted octanol–water partition coefficient (Wildman–Crippen LogP) is 3.43. The first-order valence-electron chi connectivity index (χ1n) is 7.07. The third kappa shape index (κ3) is 3.06. The van der Waals surface area contributed by atoms with E-state index in [0.717, 1.165) is 16.9 Å². The van der Waals surface area contributed by atoms with Crippen molar-refractivity contribution in [2.45, 2.75) is 6.92 Å². The van der Waals surface area contributed by atoms with Gasteiger partial charge in [0.25, 0.3) is 0 Å². The third-order valence-corrected chi connectivity index (χ3v) is 3.14. The maximum Gasteiger partial charge on any atom is 0.363 e. The predicted molar refractivity (Wildman–Crippen MR) is 84.7 cm³/mol. The molecule has 0 amide bonds. The van der Waals surface area contributed by atoms with Gasteiger partial charge in [0.15, 0.2) is 5.70 Å². The summed E-state index contributed by atoms with van der Waals surface area (Å²) in [5.41, 5.74) is 1.95. The van der Waals surface area contributed by atoms with Crippen molar-refractivity contribution in [3.63, 3.8) is 0 Å². The molecule has 0 fully saturated rings. The summed E-state index contributed by atoms with van der Waals surface area (Å²) in [6.45, 7) is 2.54. The second kappa shape index (κ2) is 6.26. The van der Waals surface area contributed by atoms with Gasteiger partial charge in [-0.3, -0.25) is 0 Å². The minimum atomic E-state index is -0.437. The number of carbonyl (C=O) groups excluding carboxylic acids is 1. The van der Waals surface area contributed by atoms with Crippen LogP contribution in [0.4, 0.5) is 0 Å². The van der Waals surface area contributed by atoms with Gasteiger partial charge >= 0.3 is 5.97 Å². The lowest BCUT2D eigenvalue weighted by Crippen LogP contribution is -2.05. The molecule has 3 rings (SSSR count). The van der Waals surface area contributed by atoms with Crippen LogP contribution in [0.1, 0.15) is 18.1 Å². The van der Waals surface area contributed by atoms with Gasteiger partial charge in [-0.15, -0.1) is 0 Å². The highest BCUT2D eigenvalue weighted by atomic mass is 16.6. The highest BCUT2D eigenvalue weighted by Crippen LogP contribution is 2.20. The number of cyclic esters (lactones) is 1. The first-order chi connectivity index (χ1) is 10.8. The molecule has 1 aliphatic rings. The molecule has 1 heterocycles. The van der Waals surface area contributed by atoms with E-state index in [9.17, 15) is 4.79 Å². The number of ether oxygens (including phenoxy) is 2. The van der Waals surface area contributed by atoms with Gasteiger partial charge in [-0.2, -0.15) is 0 Å². The lowest BCUT2D eigenvalue weighted by atomic mass is 10.2. The van der Waals surface area contributed by atoms with Crippen molar-refractivity contribution in [2.24, 2.45) is 4.99 Å². The Morgan fingerprint density at radius 2 is 1.82 bits per heavy atom. The minimum absolute atomic E-state index is 0.301. The molecule has 2 aromatic rings. The van der Waals surface area contributed by atoms with Crippen LogP contribution in [0, 0.1) is 0 Å². The molecule has 0 radical (unpaired) electrons. The van der Waals surface area contributed by atoms with E-state index in [-0.39, 0.29) is 0 Å². The van der Waals surface area contributed by atoms with Gasteiger partial charge in [0.2, 0.25) is 5.90 Å². The van der Waals surface area contributed by atoms with E-state index in [4.69, 9.17) is 9.47 Å². The largest absolute Gasteiger partial charge is 0.494 e. The van der Waals surface area contributed by atoms with Gasteiger partial charge in [-0.25, -0.2) is 9.79 Å². The molecule has 0 saturated heterocycles. The van der Waals surface area contributed by atoms with E-state index < -0.39 is 5.97 Å². The second-order valence-corrected chi connectivity index (χ2v) is 4.70. The Morgan fingerprint density at radius 3 is 2.50 bits per heavy atom. The molecule has 0 saturated carbocycles. The lowest BCUT2D eigenvalue weighted by Gasteiger charge is -2.03. The third-order valence-electron chi connectivity index (χ3n) is 3.14. The first kappa shape index (κ1) is 14.1. The highest BCUT2D eigenvalue weighted by Gasteiger charge is 2.24. The van der Waals surface area contributed by atoms with E-state index >= 15 is 0 Å². The summed E-state index contributed by atoms with van der Waals surface area (Å²) in [6, 6.07) is 16.8. The SMILES string of the molecule is CCOc1ccc(C2=N/C(=C\c3ccccc3)C(=O)O2)cc1. The average Bonchev–Trinajstić information content (AvgIpc) is 2.90. The number of esters is 1. The first-order valence-corrected chi connectivity index (χ1v) is 7.07. The molecule has 110 valence electrons. The molecule has 0 N–H and O–H groups in total. The zero-order chi connectivity index (χ0) is 15.4. The number of hydrogen-bond acceptors (Lipinski definition) is 4. The summed E-state index contributed by atoms with van der Waals surface area (Å²) in [5, 5.41) is 0. The molecule has 0 aliphatic carbocycles. The standard InChI is InChI=1S/C18H15NO3/c1-2-21-15-10-8-14(9-11-15)17-19-16(18(20)22-17)12-13-6-4-3-5-7-13/h3-12H,2H2,1H3/b16-12-. The average molecular weight is 293 g/mol. The Morgan fingerprint density at radius 1 is 1.09 bits per heavy atom. The van der Waals surface area contributed by atoms with Crippen molar-refractivity contribution < 1.29 is 14.3 Å². The summed E-state index contributed by atoms with van der Waals surface area (Å²) in [5.74, 6) is 0.652. The fourth-order valence-electron chi connectivity index (χ4n) is 2.10. The van der Waals surface area contributed by atoms with Crippen LogP contribution in [0.15, 0.2) is 65.3 Å². The van der Waals surface area contributed by atoms with E-state index in [1.807, 2.05) is 61.5 Å². The Hall–Kier alpha value is -2.88. The van der Waals surface area contributed by atoms with Gasteiger partial charge in [0.05, 0.1) is 6.61 Å². The van der Waals surface area contributed by atoms with Crippen LogP contribution in [0.3, 0.4) is 0 Å². The molecule has 1 aliphatic heterocycles. The molecule has 22 heavy (non-hydrogen) atoms. The summed E-state index contributed by atoms with van der Waals surface area (Å²) < 4.78 is 10.6. The van der Waals surface area contributed by atoms with Crippen molar-refractivity contribution in [3.8, 4) is 5.75 Å². The Balaban J connectivity index is 1.85. The highest BCUT2D eigenvalue weighted by molar-refractivity contribution is 6.12. The number of rotatable bonds is 4. The molecule has 4 heteroatoms. The van der Waals surface area contributed by atoms with Gasteiger partial charge < -0.3 is 9.47 Å². The molecule has 0 atom stereocenters.